The fourth-order valence-corrected chi connectivity index (χ4v) is 2.34. The fourth-order valence-electron chi connectivity index (χ4n) is 1.86. The second-order valence-corrected chi connectivity index (χ2v) is 6.90. The highest BCUT2D eigenvalue weighted by atomic mass is 32.2. The number of allylic oxidation sites excluding steroid dienone is 1. The Hall–Kier alpha value is -0.720. The van der Waals surface area contributed by atoms with Crippen LogP contribution in [-0.2, 0) is 19.6 Å². The molecule has 0 aromatic heterocycles. The van der Waals surface area contributed by atoms with Gasteiger partial charge in [-0.2, -0.15) is 8.42 Å². The molecule has 0 bridgehead atoms. The number of carbonyl (C=O) groups excluding carboxylic acids is 1. The first-order chi connectivity index (χ1) is 9.83. The largest absolute Gasteiger partial charge is 0.381 e. The highest BCUT2D eigenvalue weighted by Gasteiger charge is 2.03. The van der Waals surface area contributed by atoms with E-state index >= 15 is 0 Å². The van der Waals surface area contributed by atoms with Crippen molar-refractivity contribution in [1.82, 2.24) is 0 Å². The van der Waals surface area contributed by atoms with E-state index < -0.39 is 10.1 Å². The van der Waals surface area contributed by atoms with E-state index in [1.807, 2.05) is 0 Å². The normalized spacial score (nSPS) is 11.5. The molecule has 6 heteroatoms. The van der Waals surface area contributed by atoms with E-state index in [1.54, 1.807) is 6.92 Å². The SMILES string of the molecule is C=C(C)C(=O)CCCCCCCCOCCCS(=O)(=O)O. The predicted molar refractivity (Wildman–Crippen MR) is 84.0 cm³/mol. The van der Waals surface area contributed by atoms with Crippen molar-refractivity contribution in [3.8, 4) is 0 Å². The van der Waals surface area contributed by atoms with Gasteiger partial charge in [0.2, 0.25) is 0 Å². The number of carbonyl (C=O) groups is 1. The van der Waals surface area contributed by atoms with Gasteiger partial charge in [0, 0.05) is 19.6 Å². The monoisotopic (exact) mass is 320 g/mol. The van der Waals surface area contributed by atoms with E-state index in [9.17, 15) is 13.2 Å². The van der Waals surface area contributed by atoms with Crippen LogP contribution in [0.5, 0.6) is 0 Å². The van der Waals surface area contributed by atoms with Crippen molar-refractivity contribution >= 4 is 15.9 Å². The quantitative estimate of drug-likeness (QED) is 0.302. The Labute approximate surface area is 128 Å². The Morgan fingerprint density at radius 3 is 2.10 bits per heavy atom. The Balaban J connectivity index is 3.19. The van der Waals surface area contributed by atoms with E-state index in [0.717, 1.165) is 38.5 Å². The number of unbranched alkanes of at least 4 members (excludes halogenated alkanes) is 5. The van der Waals surface area contributed by atoms with Gasteiger partial charge in [-0.05, 0) is 31.8 Å². The minimum atomic E-state index is -3.86. The summed E-state index contributed by atoms with van der Waals surface area (Å²) in [4.78, 5) is 11.3. The first-order valence-electron chi connectivity index (χ1n) is 7.54. The standard InChI is InChI=1S/C15H28O5S/c1-14(2)15(16)10-7-5-3-4-6-8-11-20-12-9-13-21(17,18)19/h1,3-13H2,2H3,(H,17,18,19). The van der Waals surface area contributed by atoms with E-state index in [2.05, 4.69) is 6.58 Å². The molecule has 21 heavy (non-hydrogen) atoms. The topological polar surface area (TPSA) is 80.7 Å². The van der Waals surface area contributed by atoms with Gasteiger partial charge in [0.1, 0.15) is 0 Å². The minimum absolute atomic E-state index is 0.160. The molecule has 0 aliphatic rings. The van der Waals surface area contributed by atoms with Crippen LogP contribution in [0.3, 0.4) is 0 Å². The lowest BCUT2D eigenvalue weighted by atomic mass is 10.1. The molecule has 0 amide bonds. The molecule has 0 fully saturated rings. The number of hydrogen-bond donors (Lipinski definition) is 1. The van der Waals surface area contributed by atoms with Gasteiger partial charge in [0.05, 0.1) is 5.75 Å². The molecule has 0 aliphatic heterocycles. The molecule has 0 atom stereocenters. The number of ketones is 1. The molecule has 0 aromatic carbocycles. The van der Waals surface area contributed by atoms with Crippen LogP contribution in [0.15, 0.2) is 12.2 Å². The van der Waals surface area contributed by atoms with Crippen molar-refractivity contribution in [2.24, 2.45) is 0 Å². The van der Waals surface area contributed by atoms with Gasteiger partial charge in [0.25, 0.3) is 10.1 Å². The smallest absolute Gasteiger partial charge is 0.264 e. The lowest BCUT2D eigenvalue weighted by molar-refractivity contribution is -0.115. The number of Topliss-reactive ketones (excluding diaryl/α,β-unsaturated/α-hetero) is 1. The van der Waals surface area contributed by atoms with Crippen LogP contribution < -0.4 is 0 Å². The number of rotatable bonds is 14. The average molecular weight is 320 g/mol. The molecule has 0 heterocycles. The van der Waals surface area contributed by atoms with Gasteiger partial charge >= 0.3 is 0 Å². The number of hydrogen-bond acceptors (Lipinski definition) is 4. The summed E-state index contributed by atoms with van der Waals surface area (Å²) in [5.41, 5.74) is 0.640. The number of ether oxygens (including phenoxy) is 1. The van der Waals surface area contributed by atoms with Gasteiger partial charge in [-0.3, -0.25) is 9.35 Å². The summed E-state index contributed by atoms with van der Waals surface area (Å²) in [6, 6.07) is 0. The lowest BCUT2D eigenvalue weighted by Gasteiger charge is -2.04. The molecule has 1 N–H and O–H groups in total. The van der Waals surface area contributed by atoms with Crippen LogP contribution >= 0.6 is 0 Å². The van der Waals surface area contributed by atoms with Crippen molar-refractivity contribution in [3.05, 3.63) is 12.2 Å². The van der Waals surface area contributed by atoms with Gasteiger partial charge in [-0.1, -0.05) is 32.3 Å². The van der Waals surface area contributed by atoms with Crippen molar-refractivity contribution in [1.29, 1.82) is 0 Å². The van der Waals surface area contributed by atoms with Crippen LogP contribution in [0, 0.1) is 0 Å². The molecular formula is C15H28O5S. The Kier molecular flexibility index (Phi) is 11.5. The van der Waals surface area contributed by atoms with Crippen LogP contribution in [0.1, 0.15) is 58.3 Å². The zero-order chi connectivity index (χ0) is 16.1. The summed E-state index contributed by atoms with van der Waals surface area (Å²) < 4.78 is 34.7. The van der Waals surface area contributed by atoms with E-state index in [-0.39, 0.29) is 11.5 Å². The third-order valence-corrected chi connectivity index (χ3v) is 3.91. The maximum Gasteiger partial charge on any atom is 0.264 e. The molecule has 0 aliphatic carbocycles. The maximum absolute atomic E-state index is 11.3. The molecule has 5 nitrogen and oxygen atoms in total. The molecule has 0 spiro atoms. The Morgan fingerprint density at radius 1 is 1.00 bits per heavy atom. The summed E-state index contributed by atoms with van der Waals surface area (Å²) >= 11 is 0. The first-order valence-corrected chi connectivity index (χ1v) is 9.15. The van der Waals surface area contributed by atoms with Gasteiger partial charge < -0.3 is 4.74 Å². The van der Waals surface area contributed by atoms with Gasteiger partial charge in [0.15, 0.2) is 5.78 Å². The molecule has 0 saturated heterocycles. The summed E-state index contributed by atoms with van der Waals surface area (Å²) in [5.74, 6) is -0.0797. The maximum atomic E-state index is 11.3. The van der Waals surface area contributed by atoms with Crippen LogP contribution in [0.25, 0.3) is 0 Å². The highest BCUT2D eigenvalue weighted by molar-refractivity contribution is 7.85. The van der Waals surface area contributed by atoms with E-state index in [1.165, 1.54) is 0 Å². The molecular weight excluding hydrogens is 292 g/mol. The fraction of sp³-hybridized carbons (Fsp3) is 0.800. The molecule has 0 saturated carbocycles. The Bertz CT molecular complexity index is 400. The van der Waals surface area contributed by atoms with Gasteiger partial charge in [-0.15, -0.1) is 0 Å². The summed E-state index contributed by atoms with van der Waals surface area (Å²) in [7, 11) is -3.86. The highest BCUT2D eigenvalue weighted by Crippen LogP contribution is 2.09. The Morgan fingerprint density at radius 2 is 1.52 bits per heavy atom. The first kappa shape index (κ1) is 20.3. The van der Waals surface area contributed by atoms with Crippen LogP contribution in [0.2, 0.25) is 0 Å². The molecule has 0 rings (SSSR count). The molecule has 0 aromatic rings. The third kappa shape index (κ3) is 15.5. The van der Waals surface area contributed by atoms with Crippen molar-refractivity contribution in [2.45, 2.75) is 58.3 Å². The van der Waals surface area contributed by atoms with E-state index in [4.69, 9.17) is 9.29 Å². The summed E-state index contributed by atoms with van der Waals surface area (Å²) in [6.45, 7) is 6.36. The third-order valence-electron chi connectivity index (χ3n) is 3.11. The summed E-state index contributed by atoms with van der Waals surface area (Å²) in [5, 5.41) is 0. The summed E-state index contributed by atoms with van der Waals surface area (Å²) in [6.07, 6.45) is 7.19. The zero-order valence-corrected chi connectivity index (χ0v) is 13.8. The molecule has 0 radical (unpaired) electrons. The molecule has 124 valence electrons. The van der Waals surface area contributed by atoms with Crippen LogP contribution in [0.4, 0.5) is 0 Å². The van der Waals surface area contributed by atoms with Crippen molar-refractivity contribution in [2.75, 3.05) is 19.0 Å². The lowest BCUT2D eigenvalue weighted by Crippen LogP contribution is -2.07. The zero-order valence-electron chi connectivity index (χ0n) is 13.0. The van der Waals surface area contributed by atoms with Gasteiger partial charge in [-0.25, -0.2) is 0 Å². The minimum Gasteiger partial charge on any atom is -0.381 e. The average Bonchev–Trinajstić information content (AvgIpc) is 2.38. The van der Waals surface area contributed by atoms with Crippen molar-refractivity contribution in [3.63, 3.8) is 0 Å². The predicted octanol–water partition coefficient (Wildman–Crippen LogP) is 3.16. The van der Waals surface area contributed by atoms with E-state index in [0.29, 0.717) is 31.6 Å². The van der Waals surface area contributed by atoms with Crippen LogP contribution in [-0.4, -0.2) is 37.7 Å². The molecule has 0 unspecified atom stereocenters. The second-order valence-electron chi connectivity index (χ2n) is 5.33. The second kappa shape index (κ2) is 11.9. The van der Waals surface area contributed by atoms with Crippen molar-refractivity contribution < 1.29 is 22.5 Å².